The van der Waals surface area contributed by atoms with Crippen molar-refractivity contribution in [3.8, 4) is 0 Å². The highest BCUT2D eigenvalue weighted by Crippen LogP contribution is 2.42. The first kappa shape index (κ1) is 23.5. The Labute approximate surface area is 187 Å². The molecular weight excluding hydrogens is 547 g/mol. The topological polar surface area (TPSA) is 38.7 Å². The van der Waals surface area contributed by atoms with Gasteiger partial charge in [0.2, 0.25) is 0 Å². The van der Waals surface area contributed by atoms with Crippen LogP contribution in [0.15, 0.2) is 21.1 Å². The van der Waals surface area contributed by atoms with Crippen molar-refractivity contribution in [3.63, 3.8) is 0 Å². The third-order valence-electron chi connectivity index (χ3n) is 4.91. The van der Waals surface area contributed by atoms with Crippen LogP contribution in [-0.2, 0) is 9.47 Å². The molecule has 0 aliphatic heterocycles. The van der Waals surface area contributed by atoms with Crippen LogP contribution in [0.1, 0.15) is 26.7 Å². The number of hydrogen-bond acceptors (Lipinski definition) is 4. The van der Waals surface area contributed by atoms with E-state index in [1.165, 1.54) is 0 Å². The number of aliphatic hydroxyl groups excluding tert-OH is 1. The highest BCUT2D eigenvalue weighted by atomic mass is 79.9. The van der Waals surface area contributed by atoms with Gasteiger partial charge in [0.1, 0.15) is 19.5 Å². The fourth-order valence-corrected chi connectivity index (χ4v) is 8.45. The van der Waals surface area contributed by atoms with E-state index >= 15 is 0 Å². The summed E-state index contributed by atoms with van der Waals surface area (Å²) in [7, 11) is 0.952. The first-order chi connectivity index (χ1) is 12.4. The van der Waals surface area contributed by atoms with Crippen molar-refractivity contribution in [2.75, 3.05) is 13.2 Å². The van der Waals surface area contributed by atoms with Crippen LogP contribution in [0, 0.1) is 0 Å². The summed E-state index contributed by atoms with van der Waals surface area (Å²) in [6.07, 6.45) is 5.90. The molecule has 0 aromatic carbocycles. The molecule has 148 valence electrons. The number of rotatable bonds is 7. The second kappa shape index (κ2) is 11.4. The molecule has 0 heterocycles. The Morgan fingerprint density at radius 2 is 1.62 bits per heavy atom. The van der Waals surface area contributed by atoms with E-state index in [0.29, 0.717) is 28.5 Å². The minimum atomic E-state index is -0.462. The molecule has 0 saturated heterocycles. The smallest absolute Gasteiger partial charge is 0.124 e. The summed E-state index contributed by atoms with van der Waals surface area (Å²) in [6.45, 7) is 7.46. The SMILES string of the molecule is CBC1CC(SC2C=C(Br)C(OCC)C(Br)C2)C=C(Br)C(OCC)[C@@H]1O. The van der Waals surface area contributed by atoms with E-state index in [0.717, 1.165) is 29.1 Å². The first-order valence-electron chi connectivity index (χ1n) is 9.36. The summed E-state index contributed by atoms with van der Waals surface area (Å²) in [5.41, 5.74) is 0. The van der Waals surface area contributed by atoms with Gasteiger partial charge < -0.3 is 14.6 Å². The van der Waals surface area contributed by atoms with Crippen LogP contribution >= 0.6 is 59.6 Å². The maximum absolute atomic E-state index is 10.8. The van der Waals surface area contributed by atoms with Crippen LogP contribution < -0.4 is 0 Å². The highest BCUT2D eigenvalue weighted by Gasteiger charge is 2.36. The predicted molar refractivity (Wildman–Crippen MR) is 125 cm³/mol. The standard InChI is InChI=1S/C18H28BBr3O3S/c1-4-24-17-13(20)8-11(9-14(17)21)26-10-6-12(19-3)16(23)18(25-5-2)15(22)7-10/h7-8,10-12,14,16-19,23H,4-6,9H2,1-3H3/t10?,11?,12?,14?,16-,17?,18?/m1/s1. The van der Waals surface area contributed by atoms with Gasteiger partial charge in [-0.3, -0.25) is 0 Å². The number of aliphatic hydroxyl groups is 1. The summed E-state index contributed by atoms with van der Waals surface area (Å²) in [5, 5.41) is 11.5. The minimum Gasteiger partial charge on any atom is -0.390 e. The number of hydrogen-bond donors (Lipinski definition) is 1. The molecule has 0 radical (unpaired) electrons. The van der Waals surface area contributed by atoms with Gasteiger partial charge in [0.05, 0.1) is 6.10 Å². The molecule has 0 saturated carbocycles. The van der Waals surface area contributed by atoms with Crippen molar-refractivity contribution < 1.29 is 14.6 Å². The van der Waals surface area contributed by atoms with Gasteiger partial charge in [-0.2, -0.15) is 0 Å². The Kier molecular flexibility index (Phi) is 10.3. The van der Waals surface area contributed by atoms with E-state index in [1.807, 2.05) is 25.6 Å². The maximum Gasteiger partial charge on any atom is 0.124 e. The molecule has 1 N–H and O–H groups in total. The Bertz CT molecular complexity index is 520. The lowest BCUT2D eigenvalue weighted by Gasteiger charge is -2.32. The van der Waals surface area contributed by atoms with Crippen LogP contribution in [-0.4, -0.2) is 59.2 Å². The highest BCUT2D eigenvalue weighted by molar-refractivity contribution is 9.12. The van der Waals surface area contributed by atoms with Gasteiger partial charge in [-0.1, -0.05) is 66.8 Å². The molecule has 0 fully saturated rings. The molecule has 7 atom stereocenters. The third-order valence-corrected chi connectivity index (χ3v) is 8.56. The van der Waals surface area contributed by atoms with E-state index in [4.69, 9.17) is 9.47 Å². The predicted octanol–water partition coefficient (Wildman–Crippen LogP) is 5.03. The van der Waals surface area contributed by atoms with Gasteiger partial charge in [-0.15, -0.1) is 11.8 Å². The van der Waals surface area contributed by atoms with Crippen molar-refractivity contribution in [1.82, 2.24) is 0 Å². The third kappa shape index (κ3) is 6.10. The van der Waals surface area contributed by atoms with Gasteiger partial charge in [-0.05, 0) is 32.5 Å². The van der Waals surface area contributed by atoms with Crippen LogP contribution in [0.2, 0.25) is 12.6 Å². The lowest BCUT2D eigenvalue weighted by atomic mass is 9.62. The van der Waals surface area contributed by atoms with Gasteiger partial charge in [0, 0.05) is 37.5 Å². The zero-order valence-electron chi connectivity index (χ0n) is 15.5. The lowest BCUT2D eigenvalue weighted by Crippen LogP contribution is -2.34. The summed E-state index contributed by atoms with van der Waals surface area (Å²) >= 11 is 13.1. The molecule has 3 nitrogen and oxygen atoms in total. The first-order valence-corrected chi connectivity index (χ1v) is 12.8. The average Bonchev–Trinajstić information content (AvgIpc) is 2.69. The van der Waals surface area contributed by atoms with E-state index in [-0.39, 0.29) is 18.0 Å². The zero-order valence-corrected chi connectivity index (χ0v) is 21.1. The molecule has 0 bridgehead atoms. The quantitative estimate of drug-likeness (QED) is 0.342. The van der Waals surface area contributed by atoms with Gasteiger partial charge in [0.15, 0.2) is 0 Å². The molecule has 6 unspecified atom stereocenters. The van der Waals surface area contributed by atoms with E-state index in [2.05, 4.69) is 66.8 Å². The summed E-state index contributed by atoms with van der Waals surface area (Å²) in [5.74, 6) is 0.238. The monoisotopic (exact) mass is 572 g/mol. The number of thioether (sulfide) groups is 1. The average molecular weight is 575 g/mol. The molecule has 2 aliphatic rings. The minimum absolute atomic E-state index is 0.0980. The van der Waals surface area contributed by atoms with Crippen molar-refractivity contribution in [3.05, 3.63) is 21.1 Å². The Morgan fingerprint density at radius 3 is 2.15 bits per heavy atom. The van der Waals surface area contributed by atoms with Crippen molar-refractivity contribution in [2.45, 2.75) is 73.0 Å². The molecule has 8 heteroatoms. The Hall–Kier alpha value is 1.21. The summed E-state index contributed by atoms with van der Waals surface area (Å²) in [4.78, 5) is 0.307. The molecule has 0 aromatic heterocycles. The normalized spacial score (nSPS) is 38.3. The molecule has 26 heavy (non-hydrogen) atoms. The van der Waals surface area contributed by atoms with Crippen LogP contribution in [0.3, 0.4) is 0 Å². The molecule has 2 aliphatic carbocycles. The van der Waals surface area contributed by atoms with Crippen LogP contribution in [0.5, 0.6) is 0 Å². The van der Waals surface area contributed by atoms with Crippen LogP contribution in [0.4, 0.5) is 0 Å². The second-order valence-electron chi connectivity index (χ2n) is 6.71. The summed E-state index contributed by atoms with van der Waals surface area (Å²) in [6, 6.07) is 0. The molecule has 0 spiro atoms. The summed E-state index contributed by atoms with van der Waals surface area (Å²) < 4.78 is 13.7. The fourth-order valence-electron chi connectivity index (χ4n) is 3.59. The van der Waals surface area contributed by atoms with Gasteiger partial charge in [-0.25, -0.2) is 0 Å². The largest absolute Gasteiger partial charge is 0.390 e. The van der Waals surface area contributed by atoms with E-state index < -0.39 is 6.10 Å². The Balaban J connectivity index is 2.12. The number of halogens is 3. The molecule has 0 aromatic rings. The Morgan fingerprint density at radius 1 is 1.08 bits per heavy atom. The lowest BCUT2D eigenvalue weighted by molar-refractivity contribution is -0.00834. The van der Waals surface area contributed by atoms with Gasteiger partial charge >= 0.3 is 0 Å². The zero-order chi connectivity index (χ0) is 19.3. The number of alkyl halides is 1. The van der Waals surface area contributed by atoms with Crippen LogP contribution in [0.25, 0.3) is 0 Å². The molecule has 0 amide bonds. The maximum atomic E-state index is 10.8. The number of ether oxygens (including phenoxy) is 2. The van der Waals surface area contributed by atoms with Gasteiger partial charge in [0.25, 0.3) is 0 Å². The second-order valence-corrected chi connectivity index (χ2v) is 11.2. The van der Waals surface area contributed by atoms with E-state index in [9.17, 15) is 5.11 Å². The van der Waals surface area contributed by atoms with E-state index in [1.54, 1.807) is 0 Å². The van der Waals surface area contributed by atoms with Crippen molar-refractivity contribution in [1.29, 1.82) is 0 Å². The van der Waals surface area contributed by atoms with Crippen molar-refractivity contribution >= 4 is 66.8 Å². The molecular formula is C18H28BBr3O3S. The van der Waals surface area contributed by atoms with Crippen molar-refractivity contribution in [2.24, 2.45) is 0 Å². The fraction of sp³-hybridized carbons (Fsp3) is 0.778. The molecule has 2 rings (SSSR count).